The molecule has 1 aliphatic carbocycles. The Kier molecular flexibility index (Phi) is 5.63. The first-order valence-corrected chi connectivity index (χ1v) is 8.62. The molecule has 0 unspecified atom stereocenters. The smallest absolute Gasteiger partial charge is 0.386 e. The van der Waals surface area contributed by atoms with Crippen LogP contribution in [0.15, 0.2) is 0 Å². The molecule has 0 radical (unpaired) electrons. The zero-order valence-electron chi connectivity index (χ0n) is 12.1. The Morgan fingerprint density at radius 2 is 1.59 bits per heavy atom. The molecule has 0 aromatic rings. The highest BCUT2D eigenvalue weighted by atomic mass is 28.4. The van der Waals surface area contributed by atoms with Crippen molar-refractivity contribution in [2.24, 2.45) is 5.92 Å². The summed E-state index contributed by atoms with van der Waals surface area (Å²) in [5, 5.41) is 0.0468. The van der Waals surface area contributed by atoms with Gasteiger partial charge in [0.15, 0.2) is 0 Å². The molecule has 1 fully saturated rings. The molecule has 0 aromatic carbocycles. The molecular formula is C13H29NO2Si. The maximum atomic E-state index is 5.75. The molecule has 0 atom stereocenters. The minimum absolute atomic E-state index is 0.0468. The van der Waals surface area contributed by atoms with Crippen LogP contribution < -0.4 is 4.98 Å². The first-order chi connectivity index (χ1) is 7.95. The largest absolute Gasteiger partial charge is 0.430 e. The van der Waals surface area contributed by atoms with E-state index in [2.05, 4.69) is 25.8 Å². The van der Waals surface area contributed by atoms with Gasteiger partial charge in [0.1, 0.15) is 0 Å². The van der Waals surface area contributed by atoms with Gasteiger partial charge >= 0.3 is 8.72 Å². The molecule has 17 heavy (non-hydrogen) atoms. The van der Waals surface area contributed by atoms with Gasteiger partial charge < -0.3 is 8.85 Å². The fourth-order valence-corrected chi connectivity index (χ4v) is 5.54. The molecule has 0 spiro atoms. The fourth-order valence-electron chi connectivity index (χ4n) is 2.78. The first kappa shape index (κ1) is 15.2. The van der Waals surface area contributed by atoms with Gasteiger partial charge in [-0.2, -0.15) is 0 Å². The molecule has 102 valence electrons. The second-order valence-electron chi connectivity index (χ2n) is 6.16. The van der Waals surface area contributed by atoms with Crippen molar-refractivity contribution in [3.8, 4) is 0 Å². The summed E-state index contributed by atoms with van der Waals surface area (Å²) < 4.78 is 11.5. The van der Waals surface area contributed by atoms with Crippen LogP contribution >= 0.6 is 0 Å². The molecule has 4 heteroatoms. The molecule has 1 rings (SSSR count). The Bertz CT molecular complexity index is 218. The van der Waals surface area contributed by atoms with Crippen molar-refractivity contribution in [2.75, 3.05) is 20.8 Å². The van der Waals surface area contributed by atoms with E-state index >= 15 is 0 Å². The van der Waals surface area contributed by atoms with Crippen LogP contribution in [0.5, 0.6) is 0 Å². The van der Waals surface area contributed by atoms with Crippen LogP contribution in [0.1, 0.15) is 52.9 Å². The predicted octanol–water partition coefficient (Wildman–Crippen LogP) is 3.19. The van der Waals surface area contributed by atoms with E-state index in [0.29, 0.717) is 0 Å². The van der Waals surface area contributed by atoms with Gasteiger partial charge in [-0.1, -0.05) is 40.0 Å². The summed E-state index contributed by atoms with van der Waals surface area (Å²) in [7, 11) is 1.27. The van der Waals surface area contributed by atoms with Gasteiger partial charge in [0.2, 0.25) is 0 Å². The Balaban J connectivity index is 2.54. The normalized spacial score (nSPS) is 19.6. The van der Waals surface area contributed by atoms with Crippen molar-refractivity contribution < 1.29 is 8.85 Å². The molecular weight excluding hydrogens is 230 g/mol. The summed E-state index contributed by atoms with van der Waals surface area (Å²) in [5.74, 6) is 0.809. The summed E-state index contributed by atoms with van der Waals surface area (Å²) in [6.07, 6.45) is 6.89. The Morgan fingerprint density at radius 3 is 2.00 bits per heavy atom. The van der Waals surface area contributed by atoms with Crippen molar-refractivity contribution in [1.82, 2.24) is 4.98 Å². The molecule has 0 saturated heterocycles. The van der Waals surface area contributed by atoms with E-state index in [4.69, 9.17) is 8.85 Å². The van der Waals surface area contributed by atoms with Crippen LogP contribution in [0.25, 0.3) is 0 Å². The van der Waals surface area contributed by atoms with E-state index in [1.165, 1.54) is 32.1 Å². The summed E-state index contributed by atoms with van der Waals surface area (Å²) in [5.41, 5.74) is 0. The second kappa shape index (κ2) is 6.32. The average molecular weight is 259 g/mol. The lowest BCUT2D eigenvalue weighted by atomic mass is 9.90. The molecule has 0 aliphatic heterocycles. The van der Waals surface area contributed by atoms with E-state index in [1.54, 1.807) is 14.2 Å². The van der Waals surface area contributed by atoms with Crippen LogP contribution in [0.2, 0.25) is 5.04 Å². The van der Waals surface area contributed by atoms with Gasteiger partial charge in [-0.15, -0.1) is 0 Å². The maximum Gasteiger partial charge on any atom is 0.430 e. The molecule has 0 aromatic heterocycles. The van der Waals surface area contributed by atoms with Gasteiger partial charge in [0, 0.05) is 19.3 Å². The van der Waals surface area contributed by atoms with Crippen LogP contribution in [0.4, 0.5) is 0 Å². The third-order valence-electron chi connectivity index (χ3n) is 3.91. The SMILES string of the molecule is CO[Si](NCC1CCCCC1)(OC)C(C)(C)C. The highest BCUT2D eigenvalue weighted by Gasteiger charge is 2.49. The second-order valence-corrected chi connectivity index (χ2v) is 10.1. The highest BCUT2D eigenvalue weighted by Crippen LogP contribution is 2.35. The van der Waals surface area contributed by atoms with Crippen molar-refractivity contribution in [1.29, 1.82) is 0 Å². The van der Waals surface area contributed by atoms with E-state index < -0.39 is 8.72 Å². The van der Waals surface area contributed by atoms with Crippen molar-refractivity contribution in [3.63, 3.8) is 0 Å². The fraction of sp³-hybridized carbons (Fsp3) is 1.00. The zero-order chi connectivity index (χ0) is 12.9. The monoisotopic (exact) mass is 259 g/mol. The Labute approximate surface area is 108 Å². The quantitative estimate of drug-likeness (QED) is 0.769. The molecule has 1 N–H and O–H groups in total. The molecule has 0 amide bonds. The first-order valence-electron chi connectivity index (χ1n) is 6.80. The van der Waals surface area contributed by atoms with Crippen LogP contribution in [-0.4, -0.2) is 29.5 Å². The molecule has 1 aliphatic rings. The molecule has 0 heterocycles. The maximum absolute atomic E-state index is 5.75. The van der Waals surface area contributed by atoms with Gasteiger partial charge in [-0.3, -0.25) is 4.98 Å². The molecule has 3 nitrogen and oxygen atoms in total. The van der Waals surface area contributed by atoms with E-state index in [9.17, 15) is 0 Å². The third-order valence-corrected chi connectivity index (χ3v) is 7.70. The van der Waals surface area contributed by atoms with Crippen molar-refractivity contribution in [3.05, 3.63) is 0 Å². The van der Waals surface area contributed by atoms with Crippen LogP contribution in [0, 0.1) is 5.92 Å². The minimum atomic E-state index is -2.28. The predicted molar refractivity (Wildman–Crippen MR) is 74.1 cm³/mol. The van der Waals surface area contributed by atoms with Crippen molar-refractivity contribution >= 4 is 8.72 Å². The Hall–Kier alpha value is 0.0969. The van der Waals surface area contributed by atoms with E-state index in [1.807, 2.05) is 0 Å². The summed E-state index contributed by atoms with van der Waals surface area (Å²) in [6, 6.07) is 0. The number of hydrogen-bond donors (Lipinski definition) is 1. The summed E-state index contributed by atoms with van der Waals surface area (Å²) in [4.78, 5) is 3.64. The number of rotatable bonds is 5. The molecule has 1 saturated carbocycles. The topological polar surface area (TPSA) is 30.5 Å². The van der Waals surface area contributed by atoms with Crippen molar-refractivity contribution in [2.45, 2.75) is 57.9 Å². The van der Waals surface area contributed by atoms with Crippen LogP contribution in [0.3, 0.4) is 0 Å². The van der Waals surface area contributed by atoms with Gasteiger partial charge in [-0.05, 0) is 25.3 Å². The summed E-state index contributed by atoms with van der Waals surface area (Å²) >= 11 is 0. The van der Waals surface area contributed by atoms with Gasteiger partial charge in [0.05, 0.1) is 0 Å². The number of hydrogen-bond acceptors (Lipinski definition) is 3. The summed E-state index contributed by atoms with van der Waals surface area (Å²) in [6.45, 7) is 7.63. The van der Waals surface area contributed by atoms with Gasteiger partial charge in [-0.25, -0.2) is 0 Å². The minimum Gasteiger partial charge on any atom is -0.386 e. The lowest BCUT2D eigenvalue weighted by Crippen LogP contribution is -2.62. The third kappa shape index (κ3) is 3.78. The standard InChI is InChI=1S/C13H29NO2Si/c1-13(2,3)17(15-4,16-5)14-11-12-9-7-6-8-10-12/h12,14H,6-11H2,1-5H3. The molecule has 0 bridgehead atoms. The Morgan fingerprint density at radius 1 is 1.06 bits per heavy atom. The van der Waals surface area contributed by atoms with E-state index in [-0.39, 0.29) is 5.04 Å². The van der Waals surface area contributed by atoms with E-state index in [0.717, 1.165) is 12.5 Å². The number of nitrogens with one attached hydrogen (secondary N) is 1. The average Bonchev–Trinajstić information content (AvgIpc) is 2.30. The van der Waals surface area contributed by atoms with Crippen LogP contribution in [-0.2, 0) is 8.85 Å². The highest BCUT2D eigenvalue weighted by molar-refractivity contribution is 6.67. The van der Waals surface area contributed by atoms with Gasteiger partial charge in [0.25, 0.3) is 0 Å². The lowest BCUT2D eigenvalue weighted by molar-refractivity contribution is 0.193. The zero-order valence-corrected chi connectivity index (χ0v) is 13.1. The lowest BCUT2D eigenvalue weighted by Gasteiger charge is -2.39.